The molecule has 0 aliphatic heterocycles. The van der Waals surface area contributed by atoms with Crippen molar-refractivity contribution in [2.45, 2.75) is 46.0 Å². The first kappa shape index (κ1) is 17.4. The van der Waals surface area contributed by atoms with Gasteiger partial charge in [-0.1, -0.05) is 26.7 Å². The molecule has 0 saturated carbocycles. The van der Waals surface area contributed by atoms with E-state index in [1.54, 1.807) is 0 Å². The van der Waals surface area contributed by atoms with E-state index in [0.29, 0.717) is 26.1 Å². The summed E-state index contributed by atoms with van der Waals surface area (Å²) in [6, 6.07) is 0. The Morgan fingerprint density at radius 3 is 2.28 bits per heavy atom. The summed E-state index contributed by atoms with van der Waals surface area (Å²) >= 11 is 0. The minimum absolute atomic E-state index is 0.0143. The molecule has 0 bridgehead atoms. The molecule has 6 heteroatoms. The molecule has 0 spiro atoms. The Balaban J connectivity index is 4.06. The number of nitrogens with one attached hydrogen (secondary N) is 1. The predicted molar refractivity (Wildman–Crippen MR) is 73.9 cm³/mol. The summed E-state index contributed by atoms with van der Waals surface area (Å²) in [5.74, 6) is -0.0143. The zero-order valence-corrected chi connectivity index (χ0v) is 12.6. The fourth-order valence-corrected chi connectivity index (χ4v) is 2.50. The van der Waals surface area contributed by atoms with Gasteiger partial charge in [-0.25, -0.2) is 12.7 Å². The van der Waals surface area contributed by atoms with Crippen LogP contribution in [0.1, 0.15) is 46.0 Å². The molecule has 0 aromatic heterocycles. The number of nitrogens with zero attached hydrogens (tertiary/aromatic N) is 1. The van der Waals surface area contributed by atoms with Crippen LogP contribution in [0.3, 0.4) is 0 Å². The SMILES string of the molecule is CCCCCN(CCNC(=O)CCC)S(C)(=O)=O. The number of rotatable bonds is 10. The van der Waals surface area contributed by atoms with Gasteiger partial charge in [-0.15, -0.1) is 0 Å². The molecule has 0 aliphatic rings. The van der Waals surface area contributed by atoms with Crippen molar-refractivity contribution >= 4 is 15.9 Å². The Labute approximate surface area is 111 Å². The molecule has 1 N–H and O–H groups in total. The zero-order chi connectivity index (χ0) is 14.0. The van der Waals surface area contributed by atoms with E-state index in [9.17, 15) is 13.2 Å². The van der Waals surface area contributed by atoms with Crippen LogP contribution in [0, 0.1) is 0 Å². The summed E-state index contributed by atoms with van der Waals surface area (Å²) in [5.41, 5.74) is 0. The van der Waals surface area contributed by atoms with Crippen molar-refractivity contribution in [3.63, 3.8) is 0 Å². The lowest BCUT2D eigenvalue weighted by molar-refractivity contribution is -0.121. The fraction of sp³-hybridized carbons (Fsp3) is 0.917. The summed E-state index contributed by atoms with van der Waals surface area (Å²) in [7, 11) is -3.17. The summed E-state index contributed by atoms with van der Waals surface area (Å²) in [6.07, 6.45) is 5.46. The molecule has 0 rings (SSSR count). The van der Waals surface area contributed by atoms with E-state index >= 15 is 0 Å². The average molecular weight is 278 g/mol. The molecule has 0 aliphatic carbocycles. The van der Waals surface area contributed by atoms with E-state index in [4.69, 9.17) is 0 Å². The normalized spacial score (nSPS) is 11.8. The van der Waals surface area contributed by atoms with Crippen molar-refractivity contribution in [3.05, 3.63) is 0 Å². The van der Waals surface area contributed by atoms with Crippen molar-refractivity contribution < 1.29 is 13.2 Å². The third kappa shape index (κ3) is 8.47. The highest BCUT2D eigenvalue weighted by Crippen LogP contribution is 2.02. The fourth-order valence-electron chi connectivity index (χ4n) is 1.62. The van der Waals surface area contributed by atoms with Gasteiger partial charge in [0.1, 0.15) is 0 Å². The lowest BCUT2D eigenvalue weighted by atomic mass is 10.2. The summed E-state index contributed by atoms with van der Waals surface area (Å²) in [5, 5.41) is 2.73. The van der Waals surface area contributed by atoms with E-state index in [2.05, 4.69) is 12.2 Å². The molecule has 18 heavy (non-hydrogen) atoms. The molecule has 0 unspecified atom stereocenters. The highest BCUT2D eigenvalue weighted by atomic mass is 32.2. The number of carbonyl (C=O) groups excluding carboxylic acids is 1. The van der Waals surface area contributed by atoms with Crippen LogP contribution in [0.25, 0.3) is 0 Å². The molecule has 0 atom stereocenters. The van der Waals surface area contributed by atoms with Crippen molar-refractivity contribution in [2.75, 3.05) is 25.9 Å². The molecule has 108 valence electrons. The lowest BCUT2D eigenvalue weighted by Gasteiger charge is -2.19. The minimum atomic E-state index is -3.17. The second kappa shape index (κ2) is 9.33. The third-order valence-electron chi connectivity index (χ3n) is 2.64. The molecule has 0 saturated heterocycles. The largest absolute Gasteiger partial charge is 0.355 e. The van der Waals surface area contributed by atoms with E-state index in [1.165, 1.54) is 10.6 Å². The smallest absolute Gasteiger partial charge is 0.220 e. The van der Waals surface area contributed by atoms with Crippen molar-refractivity contribution in [2.24, 2.45) is 0 Å². The summed E-state index contributed by atoms with van der Waals surface area (Å²) < 4.78 is 24.5. The molecular weight excluding hydrogens is 252 g/mol. The Kier molecular flexibility index (Phi) is 9.01. The molecule has 1 amide bonds. The maximum atomic E-state index is 11.5. The number of unbranched alkanes of at least 4 members (excludes halogenated alkanes) is 2. The van der Waals surface area contributed by atoms with Gasteiger partial charge < -0.3 is 5.32 Å². The van der Waals surface area contributed by atoms with Gasteiger partial charge in [0.15, 0.2) is 0 Å². The van der Waals surface area contributed by atoms with Crippen LogP contribution in [-0.2, 0) is 14.8 Å². The maximum Gasteiger partial charge on any atom is 0.220 e. The summed E-state index contributed by atoms with van der Waals surface area (Å²) in [6.45, 7) is 5.30. The van der Waals surface area contributed by atoms with Crippen molar-refractivity contribution in [1.82, 2.24) is 9.62 Å². The van der Waals surface area contributed by atoms with Gasteiger partial charge in [-0.2, -0.15) is 0 Å². The predicted octanol–water partition coefficient (Wildman–Crippen LogP) is 1.35. The van der Waals surface area contributed by atoms with Crippen LogP contribution in [0.5, 0.6) is 0 Å². The third-order valence-corrected chi connectivity index (χ3v) is 3.94. The summed E-state index contributed by atoms with van der Waals surface area (Å²) in [4.78, 5) is 11.3. The lowest BCUT2D eigenvalue weighted by Crippen LogP contribution is -2.38. The van der Waals surface area contributed by atoms with Gasteiger partial charge in [-0.3, -0.25) is 4.79 Å². The average Bonchev–Trinajstić information content (AvgIpc) is 2.26. The van der Waals surface area contributed by atoms with Crippen LogP contribution >= 0.6 is 0 Å². The Hall–Kier alpha value is -0.620. The van der Waals surface area contributed by atoms with Gasteiger partial charge in [0.05, 0.1) is 6.26 Å². The molecule has 0 aromatic rings. The number of hydrogen-bond acceptors (Lipinski definition) is 3. The van der Waals surface area contributed by atoms with Crippen molar-refractivity contribution in [1.29, 1.82) is 0 Å². The molecular formula is C12H26N2O3S. The van der Waals surface area contributed by atoms with E-state index in [1.807, 2.05) is 6.92 Å². The van der Waals surface area contributed by atoms with Gasteiger partial charge >= 0.3 is 0 Å². The Bertz CT molecular complexity index is 328. The number of carbonyl (C=O) groups is 1. The Morgan fingerprint density at radius 2 is 1.78 bits per heavy atom. The molecule has 0 aromatic carbocycles. The topological polar surface area (TPSA) is 66.5 Å². The van der Waals surface area contributed by atoms with E-state index in [-0.39, 0.29) is 5.91 Å². The van der Waals surface area contributed by atoms with Gasteiger partial charge in [0.25, 0.3) is 0 Å². The molecule has 5 nitrogen and oxygen atoms in total. The molecule has 0 radical (unpaired) electrons. The number of hydrogen-bond donors (Lipinski definition) is 1. The van der Waals surface area contributed by atoms with Gasteiger partial charge in [-0.05, 0) is 12.8 Å². The quantitative estimate of drug-likeness (QED) is 0.613. The van der Waals surface area contributed by atoms with Crippen LogP contribution in [0.2, 0.25) is 0 Å². The van der Waals surface area contributed by atoms with Crippen LogP contribution in [0.15, 0.2) is 0 Å². The minimum Gasteiger partial charge on any atom is -0.355 e. The first-order valence-electron chi connectivity index (χ1n) is 6.63. The Morgan fingerprint density at radius 1 is 1.11 bits per heavy atom. The van der Waals surface area contributed by atoms with Gasteiger partial charge in [0.2, 0.25) is 15.9 Å². The van der Waals surface area contributed by atoms with Crippen LogP contribution in [0.4, 0.5) is 0 Å². The highest BCUT2D eigenvalue weighted by molar-refractivity contribution is 7.88. The van der Waals surface area contributed by atoms with Gasteiger partial charge in [0, 0.05) is 26.1 Å². The second-order valence-corrected chi connectivity index (χ2v) is 6.45. The first-order chi connectivity index (χ1) is 8.41. The first-order valence-corrected chi connectivity index (χ1v) is 8.48. The second-order valence-electron chi connectivity index (χ2n) is 4.47. The van der Waals surface area contributed by atoms with Crippen LogP contribution in [-0.4, -0.2) is 44.5 Å². The monoisotopic (exact) mass is 278 g/mol. The van der Waals surface area contributed by atoms with Crippen LogP contribution < -0.4 is 5.32 Å². The molecule has 0 heterocycles. The van der Waals surface area contributed by atoms with E-state index in [0.717, 1.165) is 25.7 Å². The zero-order valence-electron chi connectivity index (χ0n) is 11.7. The number of sulfonamides is 1. The molecule has 0 fully saturated rings. The van der Waals surface area contributed by atoms with E-state index < -0.39 is 10.0 Å². The number of amides is 1. The van der Waals surface area contributed by atoms with Crippen molar-refractivity contribution in [3.8, 4) is 0 Å². The maximum absolute atomic E-state index is 11.5. The highest BCUT2D eigenvalue weighted by Gasteiger charge is 2.15. The standard InChI is InChI=1S/C12H26N2O3S/c1-4-6-7-10-14(18(3,16)17)11-9-13-12(15)8-5-2/h4-11H2,1-3H3,(H,13,15).